The summed E-state index contributed by atoms with van der Waals surface area (Å²) in [6.45, 7) is 0.811. The number of anilines is 1. The van der Waals surface area contributed by atoms with Gasteiger partial charge in [-0.15, -0.1) is 12.4 Å². The van der Waals surface area contributed by atoms with Gasteiger partial charge in [0.1, 0.15) is 11.6 Å². The van der Waals surface area contributed by atoms with E-state index in [9.17, 15) is 18.4 Å². The molecule has 1 fully saturated rings. The van der Waals surface area contributed by atoms with Gasteiger partial charge in [0.05, 0.1) is 13.1 Å². The summed E-state index contributed by atoms with van der Waals surface area (Å²) in [5.74, 6) is -1.60. The molecule has 1 aliphatic carbocycles. The Morgan fingerprint density at radius 2 is 1.83 bits per heavy atom. The van der Waals surface area contributed by atoms with Crippen molar-refractivity contribution in [3.05, 3.63) is 29.8 Å². The van der Waals surface area contributed by atoms with Crippen molar-refractivity contribution in [2.24, 2.45) is 5.92 Å². The number of amides is 2. The summed E-state index contributed by atoms with van der Waals surface area (Å²) in [5.41, 5.74) is 0.0233. The van der Waals surface area contributed by atoms with Gasteiger partial charge in [0, 0.05) is 18.8 Å². The second kappa shape index (κ2) is 8.79. The van der Waals surface area contributed by atoms with Crippen molar-refractivity contribution in [1.82, 2.24) is 10.2 Å². The van der Waals surface area contributed by atoms with E-state index >= 15 is 0 Å². The minimum absolute atomic E-state index is 0. The summed E-state index contributed by atoms with van der Waals surface area (Å²) in [6, 6.07) is 2.75. The fourth-order valence-corrected chi connectivity index (χ4v) is 1.97. The number of nitrogens with zero attached hydrogens (tertiary/aromatic N) is 1. The number of hydrogen-bond acceptors (Lipinski definition) is 3. The molecular weight excluding hydrogens is 328 g/mol. The number of hydrogen-bond donors (Lipinski definition) is 2. The lowest BCUT2D eigenvalue weighted by molar-refractivity contribution is -0.132. The van der Waals surface area contributed by atoms with Crippen LogP contribution >= 0.6 is 12.4 Å². The molecule has 0 unspecified atom stereocenters. The standard InChI is InChI=1S/C15H19F2N3O2.ClH/c1-20(15(22)8-18-7-10-2-3-10)9-14(21)19-13-5-11(16)4-12(17)6-13;/h4-6,10,18H,2-3,7-9H2,1H3,(H,19,21);1H. The second-order valence-corrected chi connectivity index (χ2v) is 5.53. The molecule has 23 heavy (non-hydrogen) atoms. The minimum Gasteiger partial charge on any atom is -0.335 e. The van der Waals surface area contributed by atoms with E-state index in [-0.39, 0.29) is 37.1 Å². The zero-order valence-electron chi connectivity index (χ0n) is 12.8. The van der Waals surface area contributed by atoms with Gasteiger partial charge in [-0.2, -0.15) is 0 Å². The third-order valence-electron chi connectivity index (χ3n) is 3.36. The molecule has 5 nitrogen and oxygen atoms in total. The lowest BCUT2D eigenvalue weighted by Crippen LogP contribution is -2.40. The number of nitrogens with one attached hydrogen (secondary N) is 2. The topological polar surface area (TPSA) is 61.4 Å². The molecule has 0 atom stereocenters. The molecule has 1 saturated carbocycles. The molecule has 1 aromatic rings. The van der Waals surface area contributed by atoms with Crippen LogP contribution in [0.1, 0.15) is 12.8 Å². The predicted octanol–water partition coefficient (Wildman–Crippen LogP) is 1.78. The largest absolute Gasteiger partial charge is 0.335 e. The van der Waals surface area contributed by atoms with Crippen LogP contribution < -0.4 is 10.6 Å². The fraction of sp³-hybridized carbons (Fsp3) is 0.467. The van der Waals surface area contributed by atoms with Crippen molar-refractivity contribution in [3.63, 3.8) is 0 Å². The van der Waals surface area contributed by atoms with Crippen LogP contribution in [0.3, 0.4) is 0 Å². The lowest BCUT2D eigenvalue weighted by Gasteiger charge is -2.17. The average molecular weight is 348 g/mol. The summed E-state index contributed by atoms with van der Waals surface area (Å²) < 4.78 is 26.0. The Kier molecular flexibility index (Phi) is 7.38. The molecule has 0 radical (unpaired) electrons. The van der Waals surface area contributed by atoms with Crippen LogP contribution in [0.5, 0.6) is 0 Å². The quantitative estimate of drug-likeness (QED) is 0.790. The molecule has 128 valence electrons. The lowest BCUT2D eigenvalue weighted by atomic mass is 10.3. The maximum atomic E-state index is 13.0. The molecule has 1 aromatic carbocycles. The zero-order chi connectivity index (χ0) is 16.1. The van der Waals surface area contributed by atoms with Gasteiger partial charge in [-0.25, -0.2) is 8.78 Å². The van der Waals surface area contributed by atoms with E-state index in [0.29, 0.717) is 5.92 Å². The van der Waals surface area contributed by atoms with E-state index < -0.39 is 17.5 Å². The van der Waals surface area contributed by atoms with E-state index in [4.69, 9.17) is 0 Å². The van der Waals surface area contributed by atoms with Crippen LogP contribution in [0.15, 0.2) is 18.2 Å². The number of benzene rings is 1. The van der Waals surface area contributed by atoms with Crippen molar-refractivity contribution in [2.75, 3.05) is 32.0 Å². The Morgan fingerprint density at radius 3 is 2.39 bits per heavy atom. The molecular formula is C15H20ClF2N3O2. The third kappa shape index (κ3) is 6.92. The van der Waals surface area contributed by atoms with Crippen LogP contribution in [0.25, 0.3) is 0 Å². The first-order valence-electron chi connectivity index (χ1n) is 7.14. The van der Waals surface area contributed by atoms with Crippen LogP contribution in [-0.4, -0.2) is 43.4 Å². The van der Waals surface area contributed by atoms with Gasteiger partial charge in [0.2, 0.25) is 11.8 Å². The van der Waals surface area contributed by atoms with E-state index in [1.54, 1.807) is 0 Å². The van der Waals surface area contributed by atoms with Crippen molar-refractivity contribution in [2.45, 2.75) is 12.8 Å². The molecule has 1 aliphatic rings. The zero-order valence-corrected chi connectivity index (χ0v) is 13.6. The number of rotatable bonds is 7. The highest BCUT2D eigenvalue weighted by Crippen LogP contribution is 2.27. The molecule has 2 amide bonds. The van der Waals surface area contributed by atoms with Gasteiger partial charge in [0.15, 0.2) is 0 Å². The highest BCUT2D eigenvalue weighted by Gasteiger charge is 2.21. The van der Waals surface area contributed by atoms with Gasteiger partial charge in [-0.1, -0.05) is 0 Å². The molecule has 0 aromatic heterocycles. The van der Waals surface area contributed by atoms with Crippen molar-refractivity contribution >= 4 is 29.9 Å². The third-order valence-corrected chi connectivity index (χ3v) is 3.36. The second-order valence-electron chi connectivity index (χ2n) is 5.53. The summed E-state index contributed by atoms with van der Waals surface area (Å²) in [6.07, 6.45) is 2.40. The predicted molar refractivity (Wildman–Crippen MR) is 85.5 cm³/mol. The normalized spacial score (nSPS) is 13.2. The Labute approximate surface area is 139 Å². The fourth-order valence-electron chi connectivity index (χ4n) is 1.97. The Morgan fingerprint density at radius 1 is 1.22 bits per heavy atom. The monoisotopic (exact) mass is 347 g/mol. The summed E-state index contributed by atoms with van der Waals surface area (Å²) in [5, 5.41) is 5.40. The Bertz CT molecular complexity index is 547. The maximum absolute atomic E-state index is 13.0. The number of carbonyl (C=O) groups is 2. The van der Waals surface area contributed by atoms with Gasteiger partial charge in [-0.05, 0) is 37.4 Å². The molecule has 0 bridgehead atoms. The van der Waals surface area contributed by atoms with Crippen LogP contribution in [0, 0.1) is 17.6 Å². The Hall–Kier alpha value is -1.73. The summed E-state index contributed by atoms with van der Waals surface area (Å²) >= 11 is 0. The van der Waals surface area contributed by atoms with E-state index in [0.717, 1.165) is 24.7 Å². The van der Waals surface area contributed by atoms with Crippen molar-refractivity contribution in [1.29, 1.82) is 0 Å². The average Bonchev–Trinajstić information content (AvgIpc) is 3.21. The molecule has 0 aliphatic heterocycles. The van der Waals surface area contributed by atoms with Crippen LogP contribution in [0.2, 0.25) is 0 Å². The van der Waals surface area contributed by atoms with E-state index in [1.165, 1.54) is 24.8 Å². The molecule has 0 heterocycles. The molecule has 8 heteroatoms. The Balaban J connectivity index is 0.00000264. The number of likely N-dealkylation sites (N-methyl/N-ethyl adjacent to an activating group) is 1. The smallest absolute Gasteiger partial charge is 0.243 e. The van der Waals surface area contributed by atoms with Crippen LogP contribution in [0.4, 0.5) is 14.5 Å². The summed E-state index contributed by atoms with van der Waals surface area (Å²) in [7, 11) is 1.51. The highest BCUT2D eigenvalue weighted by molar-refractivity contribution is 5.94. The van der Waals surface area contributed by atoms with Gasteiger partial charge in [0.25, 0.3) is 0 Å². The van der Waals surface area contributed by atoms with Crippen molar-refractivity contribution < 1.29 is 18.4 Å². The van der Waals surface area contributed by atoms with E-state index in [1.807, 2.05) is 0 Å². The molecule has 2 rings (SSSR count). The summed E-state index contributed by atoms with van der Waals surface area (Å²) in [4.78, 5) is 24.8. The SMILES string of the molecule is CN(CC(=O)Nc1cc(F)cc(F)c1)C(=O)CNCC1CC1.Cl. The number of carbonyl (C=O) groups excluding carboxylic acids is 2. The molecule has 2 N–H and O–H groups in total. The molecule has 0 spiro atoms. The first-order chi connectivity index (χ1) is 10.4. The van der Waals surface area contributed by atoms with Gasteiger partial charge < -0.3 is 15.5 Å². The van der Waals surface area contributed by atoms with E-state index in [2.05, 4.69) is 10.6 Å². The van der Waals surface area contributed by atoms with Gasteiger partial charge in [-0.3, -0.25) is 9.59 Å². The first-order valence-corrected chi connectivity index (χ1v) is 7.14. The van der Waals surface area contributed by atoms with Crippen LogP contribution in [-0.2, 0) is 9.59 Å². The molecule has 0 saturated heterocycles. The highest BCUT2D eigenvalue weighted by atomic mass is 35.5. The number of halogens is 3. The van der Waals surface area contributed by atoms with Gasteiger partial charge >= 0.3 is 0 Å². The maximum Gasteiger partial charge on any atom is 0.243 e. The first kappa shape index (κ1) is 19.3. The van der Waals surface area contributed by atoms with Crippen molar-refractivity contribution in [3.8, 4) is 0 Å². The minimum atomic E-state index is -0.774.